The summed E-state index contributed by atoms with van der Waals surface area (Å²) in [7, 11) is 0. The lowest BCUT2D eigenvalue weighted by Crippen LogP contribution is -2.44. The van der Waals surface area contributed by atoms with Crippen LogP contribution in [-0.4, -0.2) is 48.6 Å². The highest BCUT2D eigenvalue weighted by Gasteiger charge is 2.25. The van der Waals surface area contributed by atoms with Gasteiger partial charge in [-0.1, -0.05) is 54.1 Å². The Labute approximate surface area is 211 Å². The molecule has 2 amide bonds. The minimum absolute atomic E-state index is 0. The Kier molecular flexibility index (Phi) is 11.3. The fourth-order valence-electron chi connectivity index (χ4n) is 4.02. The van der Waals surface area contributed by atoms with Crippen LogP contribution in [0.1, 0.15) is 36.3 Å². The lowest BCUT2D eigenvalue weighted by molar-refractivity contribution is -0.141. The van der Waals surface area contributed by atoms with Gasteiger partial charge in [-0.2, -0.15) is 0 Å². The van der Waals surface area contributed by atoms with Gasteiger partial charge in [0.15, 0.2) is 0 Å². The number of carboxylic acids is 1. The van der Waals surface area contributed by atoms with Crippen molar-refractivity contribution in [2.24, 2.45) is 5.92 Å². The van der Waals surface area contributed by atoms with Crippen molar-refractivity contribution in [2.75, 3.05) is 19.6 Å². The van der Waals surface area contributed by atoms with Crippen LogP contribution in [0, 0.1) is 5.92 Å². The van der Waals surface area contributed by atoms with E-state index in [2.05, 4.69) is 16.0 Å². The van der Waals surface area contributed by atoms with Crippen LogP contribution in [0.25, 0.3) is 0 Å². The molecule has 1 aliphatic rings. The number of nitrogens with one attached hydrogen (secondary N) is 3. The van der Waals surface area contributed by atoms with Gasteiger partial charge in [-0.3, -0.25) is 9.59 Å². The Bertz CT molecular complexity index is 935. The normalized spacial score (nSPS) is 15.4. The van der Waals surface area contributed by atoms with Crippen LogP contribution in [0.15, 0.2) is 54.6 Å². The number of piperidine rings is 1. The molecule has 0 unspecified atom stereocenters. The smallest absolute Gasteiger partial charge is 0.326 e. The zero-order valence-electron chi connectivity index (χ0n) is 18.8. The number of carbonyl (C=O) groups excluding carboxylic acids is 2. The van der Waals surface area contributed by atoms with Crippen LogP contribution in [0.2, 0.25) is 5.02 Å². The SMILES string of the molecule is Cl.O=C(C[C@H](CNC(=O)C1CCNCC1)c1ccc(Cl)cc1)N[C@@H](Cc1ccccc1)C(=O)O. The summed E-state index contributed by atoms with van der Waals surface area (Å²) in [5.74, 6) is -1.82. The summed E-state index contributed by atoms with van der Waals surface area (Å²) in [6.07, 6.45) is 1.82. The number of halogens is 2. The molecule has 0 saturated carbocycles. The molecular weight excluding hydrogens is 477 g/mol. The Morgan fingerprint density at radius 3 is 2.29 bits per heavy atom. The molecule has 1 fully saturated rings. The molecule has 0 bridgehead atoms. The van der Waals surface area contributed by atoms with Crippen molar-refractivity contribution in [3.8, 4) is 0 Å². The van der Waals surface area contributed by atoms with Crippen molar-refractivity contribution < 1.29 is 19.5 Å². The Balaban J connectivity index is 0.00000408. The first-order chi connectivity index (χ1) is 15.9. The molecule has 2 aromatic rings. The van der Waals surface area contributed by atoms with E-state index in [4.69, 9.17) is 11.6 Å². The van der Waals surface area contributed by atoms with Crippen molar-refractivity contribution in [1.29, 1.82) is 0 Å². The summed E-state index contributed by atoms with van der Waals surface area (Å²) in [6, 6.07) is 15.3. The van der Waals surface area contributed by atoms with Gasteiger partial charge < -0.3 is 21.1 Å². The number of carboxylic acid groups (broad SMARTS) is 1. The van der Waals surface area contributed by atoms with Gasteiger partial charge in [-0.25, -0.2) is 4.79 Å². The summed E-state index contributed by atoms with van der Waals surface area (Å²) in [5.41, 5.74) is 1.68. The molecule has 0 radical (unpaired) electrons. The Morgan fingerprint density at radius 2 is 1.68 bits per heavy atom. The lowest BCUT2D eigenvalue weighted by Gasteiger charge is -2.24. The molecule has 0 spiro atoms. The van der Waals surface area contributed by atoms with Gasteiger partial charge in [-0.15, -0.1) is 12.4 Å². The molecule has 2 atom stereocenters. The second kappa shape index (κ2) is 13.9. The fourth-order valence-corrected chi connectivity index (χ4v) is 4.15. The number of hydrogen-bond donors (Lipinski definition) is 4. The molecule has 1 saturated heterocycles. The quantitative estimate of drug-likeness (QED) is 0.395. The first-order valence-corrected chi connectivity index (χ1v) is 11.6. The predicted octanol–water partition coefficient (Wildman–Crippen LogP) is 3.16. The summed E-state index contributed by atoms with van der Waals surface area (Å²) in [5, 5.41) is 19.0. The fraction of sp³-hybridized carbons (Fsp3) is 0.400. The summed E-state index contributed by atoms with van der Waals surface area (Å²) < 4.78 is 0. The third-order valence-electron chi connectivity index (χ3n) is 5.92. The van der Waals surface area contributed by atoms with E-state index >= 15 is 0 Å². The van der Waals surface area contributed by atoms with E-state index in [0.717, 1.165) is 37.1 Å². The maximum atomic E-state index is 12.8. The van der Waals surface area contributed by atoms with E-state index in [0.29, 0.717) is 5.02 Å². The third-order valence-corrected chi connectivity index (χ3v) is 6.17. The zero-order valence-corrected chi connectivity index (χ0v) is 20.4. The van der Waals surface area contributed by atoms with E-state index in [9.17, 15) is 19.5 Å². The number of rotatable bonds is 10. The van der Waals surface area contributed by atoms with Crippen LogP contribution in [0.4, 0.5) is 0 Å². The molecule has 184 valence electrons. The largest absolute Gasteiger partial charge is 0.480 e. The highest BCUT2D eigenvalue weighted by Crippen LogP contribution is 2.22. The molecule has 1 heterocycles. The Hall–Kier alpha value is -2.61. The zero-order chi connectivity index (χ0) is 23.6. The molecule has 4 N–H and O–H groups in total. The average Bonchev–Trinajstić information content (AvgIpc) is 2.83. The lowest BCUT2D eigenvalue weighted by atomic mass is 9.93. The summed E-state index contributed by atoms with van der Waals surface area (Å²) in [4.78, 5) is 37.2. The maximum Gasteiger partial charge on any atom is 0.326 e. The maximum absolute atomic E-state index is 12.8. The first-order valence-electron chi connectivity index (χ1n) is 11.2. The summed E-state index contributed by atoms with van der Waals surface area (Å²) >= 11 is 6.01. The van der Waals surface area contributed by atoms with Gasteiger partial charge in [0.1, 0.15) is 6.04 Å². The molecule has 3 rings (SSSR count). The van der Waals surface area contributed by atoms with Crippen molar-refractivity contribution in [1.82, 2.24) is 16.0 Å². The van der Waals surface area contributed by atoms with Crippen LogP contribution in [-0.2, 0) is 20.8 Å². The summed E-state index contributed by atoms with van der Waals surface area (Å²) in [6.45, 7) is 1.92. The molecule has 2 aromatic carbocycles. The van der Waals surface area contributed by atoms with Crippen molar-refractivity contribution >= 4 is 41.8 Å². The van der Waals surface area contributed by atoms with E-state index in [1.165, 1.54) is 0 Å². The standard InChI is InChI=1S/C25H30ClN3O4.ClH/c26-21-8-6-18(7-9-21)20(16-28-24(31)19-10-12-27-13-11-19)15-23(30)29-22(25(32)33)14-17-4-2-1-3-5-17;/h1-9,19-20,22,27H,10-16H2,(H,28,31)(H,29,30)(H,32,33);1H/t20-,22+;/m1./s1. The molecular formula is C25H31Cl2N3O4. The number of benzene rings is 2. The van der Waals surface area contributed by atoms with Gasteiger partial charge in [0.2, 0.25) is 11.8 Å². The number of carbonyl (C=O) groups is 3. The molecule has 0 aliphatic carbocycles. The monoisotopic (exact) mass is 507 g/mol. The van der Waals surface area contributed by atoms with Crippen molar-refractivity contribution in [2.45, 2.75) is 37.6 Å². The van der Waals surface area contributed by atoms with E-state index < -0.39 is 12.0 Å². The van der Waals surface area contributed by atoms with E-state index in [-0.39, 0.29) is 55.4 Å². The van der Waals surface area contributed by atoms with E-state index in [1.54, 1.807) is 12.1 Å². The topological polar surface area (TPSA) is 108 Å². The first kappa shape index (κ1) is 27.6. The second-order valence-corrected chi connectivity index (χ2v) is 8.81. The van der Waals surface area contributed by atoms with Crippen molar-refractivity contribution in [3.05, 3.63) is 70.7 Å². The number of aliphatic carboxylic acids is 1. The van der Waals surface area contributed by atoms with Crippen LogP contribution >= 0.6 is 24.0 Å². The highest BCUT2D eigenvalue weighted by atomic mass is 35.5. The minimum atomic E-state index is -1.09. The molecule has 0 aromatic heterocycles. The molecule has 7 nitrogen and oxygen atoms in total. The highest BCUT2D eigenvalue weighted by molar-refractivity contribution is 6.30. The molecule has 1 aliphatic heterocycles. The van der Waals surface area contributed by atoms with Crippen LogP contribution < -0.4 is 16.0 Å². The van der Waals surface area contributed by atoms with Crippen molar-refractivity contribution in [3.63, 3.8) is 0 Å². The van der Waals surface area contributed by atoms with Gasteiger partial charge in [-0.05, 0) is 49.2 Å². The molecule has 34 heavy (non-hydrogen) atoms. The Morgan fingerprint density at radius 1 is 1.03 bits per heavy atom. The van der Waals surface area contributed by atoms with Gasteiger partial charge >= 0.3 is 5.97 Å². The second-order valence-electron chi connectivity index (χ2n) is 8.37. The molecule has 9 heteroatoms. The number of hydrogen-bond acceptors (Lipinski definition) is 4. The third kappa shape index (κ3) is 8.63. The van der Waals surface area contributed by atoms with E-state index in [1.807, 2.05) is 42.5 Å². The van der Waals surface area contributed by atoms with Gasteiger partial charge in [0.25, 0.3) is 0 Å². The predicted molar refractivity (Wildman–Crippen MR) is 134 cm³/mol. The average molecular weight is 508 g/mol. The van der Waals surface area contributed by atoms with Crippen LogP contribution in [0.3, 0.4) is 0 Å². The van der Waals surface area contributed by atoms with Gasteiger partial charge in [0, 0.05) is 36.2 Å². The minimum Gasteiger partial charge on any atom is -0.480 e. The van der Waals surface area contributed by atoms with Gasteiger partial charge in [0.05, 0.1) is 0 Å². The number of amides is 2. The van der Waals surface area contributed by atoms with Crippen LogP contribution in [0.5, 0.6) is 0 Å².